The summed E-state index contributed by atoms with van der Waals surface area (Å²) < 4.78 is 25.2. The van der Waals surface area contributed by atoms with Crippen LogP contribution >= 0.6 is 0 Å². The molecular formula is C7H12F2N4. The summed E-state index contributed by atoms with van der Waals surface area (Å²) in [6.07, 6.45) is -1.10. The number of nitrogens with one attached hydrogen (secondary N) is 1. The number of hydrogen-bond donors (Lipinski definition) is 1. The van der Waals surface area contributed by atoms with Gasteiger partial charge in [-0.05, 0) is 6.54 Å². The third-order valence-corrected chi connectivity index (χ3v) is 1.54. The summed E-state index contributed by atoms with van der Waals surface area (Å²) in [7, 11) is 0. The SMILES string of the molecule is CCNCc1ncnn1CC(F)F. The smallest absolute Gasteiger partial charge is 0.257 e. The first kappa shape index (κ1) is 10.0. The lowest BCUT2D eigenvalue weighted by Crippen LogP contribution is -2.19. The number of hydrogen-bond acceptors (Lipinski definition) is 3. The van der Waals surface area contributed by atoms with Gasteiger partial charge in [-0.1, -0.05) is 6.92 Å². The summed E-state index contributed by atoms with van der Waals surface area (Å²) >= 11 is 0. The second-order valence-corrected chi connectivity index (χ2v) is 2.53. The maximum atomic E-state index is 12.0. The molecule has 1 rings (SSSR count). The minimum atomic E-state index is -2.39. The van der Waals surface area contributed by atoms with E-state index in [1.165, 1.54) is 11.0 Å². The Hall–Kier alpha value is -1.04. The quantitative estimate of drug-likeness (QED) is 0.741. The van der Waals surface area contributed by atoms with E-state index in [9.17, 15) is 8.78 Å². The van der Waals surface area contributed by atoms with Gasteiger partial charge in [-0.15, -0.1) is 0 Å². The van der Waals surface area contributed by atoms with Crippen molar-refractivity contribution in [3.8, 4) is 0 Å². The minimum absolute atomic E-state index is 0.388. The Labute approximate surface area is 75.0 Å². The first-order valence-corrected chi connectivity index (χ1v) is 4.09. The summed E-state index contributed by atoms with van der Waals surface area (Å²) in [5, 5.41) is 6.69. The third kappa shape index (κ3) is 3.06. The van der Waals surface area contributed by atoms with Gasteiger partial charge in [-0.3, -0.25) is 0 Å². The fraction of sp³-hybridized carbons (Fsp3) is 0.714. The molecule has 0 aromatic carbocycles. The van der Waals surface area contributed by atoms with Gasteiger partial charge in [0.1, 0.15) is 18.7 Å². The van der Waals surface area contributed by atoms with E-state index < -0.39 is 6.43 Å². The van der Waals surface area contributed by atoms with E-state index in [2.05, 4.69) is 15.4 Å². The fourth-order valence-corrected chi connectivity index (χ4v) is 0.945. The van der Waals surface area contributed by atoms with Gasteiger partial charge in [0.2, 0.25) is 0 Å². The van der Waals surface area contributed by atoms with Crippen molar-refractivity contribution in [1.82, 2.24) is 20.1 Å². The van der Waals surface area contributed by atoms with Crippen molar-refractivity contribution in [3.05, 3.63) is 12.2 Å². The molecule has 6 heteroatoms. The van der Waals surface area contributed by atoms with Crippen LogP contribution in [-0.4, -0.2) is 27.7 Å². The molecule has 13 heavy (non-hydrogen) atoms. The first-order valence-electron chi connectivity index (χ1n) is 4.09. The van der Waals surface area contributed by atoms with Crippen molar-refractivity contribution >= 4 is 0 Å². The van der Waals surface area contributed by atoms with E-state index in [-0.39, 0.29) is 6.54 Å². The highest BCUT2D eigenvalue weighted by Gasteiger charge is 2.08. The molecule has 0 saturated heterocycles. The van der Waals surface area contributed by atoms with Crippen LogP contribution in [0.1, 0.15) is 12.7 Å². The van der Waals surface area contributed by atoms with Crippen LogP contribution < -0.4 is 5.32 Å². The summed E-state index contributed by atoms with van der Waals surface area (Å²) in [5.41, 5.74) is 0. The Kier molecular flexibility index (Phi) is 3.75. The van der Waals surface area contributed by atoms with Crippen LogP contribution in [-0.2, 0) is 13.1 Å². The molecular weight excluding hydrogens is 178 g/mol. The van der Waals surface area contributed by atoms with E-state index in [0.29, 0.717) is 12.4 Å². The van der Waals surface area contributed by atoms with Gasteiger partial charge >= 0.3 is 0 Å². The Morgan fingerprint density at radius 3 is 3.00 bits per heavy atom. The van der Waals surface area contributed by atoms with Crippen molar-refractivity contribution in [2.75, 3.05) is 6.54 Å². The van der Waals surface area contributed by atoms with E-state index in [0.717, 1.165) is 6.54 Å². The molecule has 0 unspecified atom stereocenters. The second-order valence-electron chi connectivity index (χ2n) is 2.53. The molecule has 0 bridgehead atoms. The molecule has 0 radical (unpaired) electrons. The number of alkyl halides is 2. The predicted molar refractivity (Wildman–Crippen MR) is 43.4 cm³/mol. The Morgan fingerprint density at radius 2 is 2.38 bits per heavy atom. The van der Waals surface area contributed by atoms with Crippen molar-refractivity contribution in [2.45, 2.75) is 26.4 Å². The number of rotatable bonds is 5. The van der Waals surface area contributed by atoms with Gasteiger partial charge in [-0.25, -0.2) is 18.4 Å². The summed E-state index contributed by atoms with van der Waals surface area (Å²) in [6, 6.07) is 0. The van der Waals surface area contributed by atoms with Crippen molar-refractivity contribution < 1.29 is 8.78 Å². The van der Waals surface area contributed by atoms with Gasteiger partial charge in [0.05, 0.1) is 6.54 Å². The fourth-order valence-electron chi connectivity index (χ4n) is 0.945. The van der Waals surface area contributed by atoms with Crippen LogP contribution in [0.2, 0.25) is 0 Å². The lowest BCUT2D eigenvalue weighted by molar-refractivity contribution is 0.120. The Balaban J connectivity index is 2.55. The minimum Gasteiger partial charge on any atom is -0.310 e. The average molecular weight is 190 g/mol. The molecule has 1 heterocycles. The van der Waals surface area contributed by atoms with Gasteiger partial charge in [0, 0.05) is 0 Å². The third-order valence-electron chi connectivity index (χ3n) is 1.54. The molecule has 0 amide bonds. The van der Waals surface area contributed by atoms with Crippen LogP contribution in [0, 0.1) is 0 Å². The number of nitrogens with zero attached hydrogens (tertiary/aromatic N) is 3. The largest absolute Gasteiger partial charge is 0.310 e. The molecule has 4 nitrogen and oxygen atoms in total. The zero-order chi connectivity index (χ0) is 9.68. The maximum absolute atomic E-state index is 12.0. The monoisotopic (exact) mass is 190 g/mol. The normalized spacial score (nSPS) is 11.1. The van der Waals surface area contributed by atoms with E-state index >= 15 is 0 Å². The van der Waals surface area contributed by atoms with Crippen molar-refractivity contribution in [2.24, 2.45) is 0 Å². The van der Waals surface area contributed by atoms with E-state index in [1.807, 2.05) is 6.92 Å². The number of halogens is 2. The molecule has 0 spiro atoms. The molecule has 0 aliphatic carbocycles. The molecule has 0 atom stereocenters. The van der Waals surface area contributed by atoms with Crippen molar-refractivity contribution in [1.29, 1.82) is 0 Å². The summed E-state index contributed by atoms with van der Waals surface area (Å²) in [5.74, 6) is 0.544. The standard InChI is InChI=1S/C7H12F2N4/c1-2-10-3-7-11-5-12-13(7)4-6(8)9/h5-6,10H,2-4H2,1H3. The van der Waals surface area contributed by atoms with Crippen LogP contribution in [0.25, 0.3) is 0 Å². The summed E-state index contributed by atoms with van der Waals surface area (Å²) in [6.45, 7) is 2.80. The zero-order valence-electron chi connectivity index (χ0n) is 7.37. The Morgan fingerprint density at radius 1 is 1.62 bits per heavy atom. The zero-order valence-corrected chi connectivity index (χ0v) is 7.37. The summed E-state index contributed by atoms with van der Waals surface area (Å²) in [4.78, 5) is 3.86. The van der Waals surface area contributed by atoms with Crippen LogP contribution in [0.3, 0.4) is 0 Å². The van der Waals surface area contributed by atoms with E-state index in [1.54, 1.807) is 0 Å². The highest BCUT2D eigenvalue weighted by atomic mass is 19.3. The van der Waals surface area contributed by atoms with Gasteiger partial charge in [0.25, 0.3) is 6.43 Å². The predicted octanol–water partition coefficient (Wildman–Crippen LogP) is 0.653. The number of aromatic nitrogens is 3. The van der Waals surface area contributed by atoms with Gasteiger partial charge in [-0.2, -0.15) is 5.10 Å². The topological polar surface area (TPSA) is 42.7 Å². The van der Waals surface area contributed by atoms with Crippen LogP contribution in [0.15, 0.2) is 6.33 Å². The highest BCUT2D eigenvalue weighted by molar-refractivity contribution is 4.83. The second kappa shape index (κ2) is 4.86. The lowest BCUT2D eigenvalue weighted by Gasteiger charge is -2.04. The van der Waals surface area contributed by atoms with Crippen LogP contribution in [0.4, 0.5) is 8.78 Å². The van der Waals surface area contributed by atoms with Crippen molar-refractivity contribution in [3.63, 3.8) is 0 Å². The average Bonchev–Trinajstić information content (AvgIpc) is 2.48. The van der Waals surface area contributed by atoms with E-state index in [4.69, 9.17) is 0 Å². The molecule has 1 N–H and O–H groups in total. The maximum Gasteiger partial charge on any atom is 0.257 e. The molecule has 74 valence electrons. The first-order chi connectivity index (χ1) is 6.24. The Bertz CT molecular complexity index is 248. The van der Waals surface area contributed by atoms with Gasteiger partial charge < -0.3 is 5.32 Å². The van der Waals surface area contributed by atoms with Gasteiger partial charge in [0.15, 0.2) is 0 Å². The molecule has 1 aromatic heterocycles. The van der Waals surface area contributed by atoms with Crippen LogP contribution in [0.5, 0.6) is 0 Å². The molecule has 1 aromatic rings. The highest BCUT2D eigenvalue weighted by Crippen LogP contribution is 2.00. The lowest BCUT2D eigenvalue weighted by atomic mass is 10.5. The molecule has 0 aliphatic heterocycles. The molecule has 0 fully saturated rings. The molecule has 0 aliphatic rings. The molecule has 0 saturated carbocycles.